The fourth-order valence-electron chi connectivity index (χ4n) is 6.21. The maximum absolute atomic E-state index is 6.38. The van der Waals surface area contributed by atoms with Crippen LogP contribution in [0.3, 0.4) is 0 Å². The maximum Gasteiger partial charge on any atom is 0.238 e. The van der Waals surface area contributed by atoms with Gasteiger partial charge in [0.2, 0.25) is 5.95 Å². The van der Waals surface area contributed by atoms with Gasteiger partial charge in [-0.05, 0) is 35.0 Å². The van der Waals surface area contributed by atoms with E-state index in [1.54, 1.807) is 0 Å². The first-order valence-electron chi connectivity index (χ1n) is 14.0. The number of para-hydroxylation sites is 3. The molecule has 0 aliphatic rings. The Morgan fingerprint density at radius 2 is 1.07 bits per heavy atom. The van der Waals surface area contributed by atoms with E-state index in [9.17, 15) is 0 Å². The molecule has 5 nitrogen and oxygen atoms in total. The third-order valence-electron chi connectivity index (χ3n) is 8.05. The van der Waals surface area contributed by atoms with Crippen LogP contribution >= 0.6 is 0 Å². The predicted octanol–water partition coefficient (Wildman–Crippen LogP) is 9.36. The zero-order valence-electron chi connectivity index (χ0n) is 22.4. The number of hydrogen-bond donors (Lipinski definition) is 0. The topological polar surface area (TPSA) is 56.7 Å². The minimum Gasteiger partial charge on any atom is -0.456 e. The first-order valence-corrected chi connectivity index (χ1v) is 14.0. The van der Waals surface area contributed by atoms with Crippen LogP contribution in [0.1, 0.15) is 0 Å². The van der Waals surface area contributed by atoms with E-state index in [2.05, 4.69) is 83.4 Å². The molecule has 0 spiro atoms. The van der Waals surface area contributed by atoms with Gasteiger partial charge in [0.15, 0.2) is 11.6 Å². The minimum absolute atomic E-state index is 0.574. The van der Waals surface area contributed by atoms with Crippen LogP contribution in [-0.4, -0.2) is 19.5 Å². The van der Waals surface area contributed by atoms with Crippen LogP contribution in [-0.2, 0) is 0 Å². The second-order valence-corrected chi connectivity index (χ2v) is 10.5. The lowest BCUT2D eigenvalue weighted by atomic mass is 9.98. The summed E-state index contributed by atoms with van der Waals surface area (Å²) in [6.07, 6.45) is 0. The largest absolute Gasteiger partial charge is 0.456 e. The third-order valence-corrected chi connectivity index (χ3v) is 8.05. The molecule has 5 heteroatoms. The number of nitrogens with zero attached hydrogens (tertiary/aromatic N) is 4. The first kappa shape index (κ1) is 22.9. The van der Waals surface area contributed by atoms with Crippen LogP contribution < -0.4 is 0 Å². The Kier molecular flexibility index (Phi) is 4.83. The molecule has 9 aromatic rings. The molecule has 3 heterocycles. The van der Waals surface area contributed by atoms with Crippen molar-refractivity contribution in [2.45, 2.75) is 0 Å². The normalized spacial score (nSPS) is 11.8. The van der Waals surface area contributed by atoms with Gasteiger partial charge in [-0.15, -0.1) is 0 Å². The molecule has 0 N–H and O–H groups in total. The molecule has 0 aliphatic carbocycles. The second-order valence-electron chi connectivity index (χ2n) is 10.5. The number of fused-ring (bicyclic) bond motifs is 7. The Labute approximate surface area is 240 Å². The van der Waals surface area contributed by atoms with E-state index < -0.39 is 0 Å². The van der Waals surface area contributed by atoms with Gasteiger partial charge in [0.25, 0.3) is 0 Å². The average molecular weight is 539 g/mol. The van der Waals surface area contributed by atoms with Crippen molar-refractivity contribution < 1.29 is 4.42 Å². The molecule has 9 rings (SSSR count). The Morgan fingerprint density at radius 3 is 1.83 bits per heavy atom. The summed E-state index contributed by atoms with van der Waals surface area (Å²) in [7, 11) is 0. The second kappa shape index (κ2) is 8.85. The van der Waals surface area contributed by atoms with Gasteiger partial charge in [-0.25, -0.2) is 4.98 Å². The molecule has 0 saturated carbocycles. The van der Waals surface area contributed by atoms with E-state index in [1.807, 2.05) is 54.6 Å². The highest BCUT2D eigenvalue weighted by molar-refractivity contribution is 6.20. The summed E-state index contributed by atoms with van der Waals surface area (Å²) < 4.78 is 8.53. The Bertz CT molecular complexity index is 2420. The molecule has 0 radical (unpaired) electrons. The van der Waals surface area contributed by atoms with Crippen LogP contribution in [0.25, 0.3) is 83.2 Å². The van der Waals surface area contributed by atoms with Crippen LogP contribution in [0.5, 0.6) is 0 Å². The molecule has 0 aliphatic heterocycles. The molecule has 6 aromatic carbocycles. The quantitative estimate of drug-likeness (QED) is 0.225. The van der Waals surface area contributed by atoms with Gasteiger partial charge >= 0.3 is 0 Å². The molecule has 0 atom stereocenters. The Morgan fingerprint density at radius 1 is 0.476 bits per heavy atom. The molecule has 0 saturated heterocycles. The summed E-state index contributed by atoms with van der Waals surface area (Å²) in [5, 5.41) is 6.49. The number of benzene rings is 6. The lowest BCUT2D eigenvalue weighted by Gasteiger charge is -2.13. The van der Waals surface area contributed by atoms with Crippen molar-refractivity contribution in [3.8, 4) is 28.7 Å². The fraction of sp³-hybridized carbons (Fsp3) is 0. The average Bonchev–Trinajstić information content (AvgIpc) is 3.59. The van der Waals surface area contributed by atoms with Gasteiger partial charge in [-0.1, -0.05) is 109 Å². The zero-order chi connectivity index (χ0) is 27.6. The molecule has 0 amide bonds. The van der Waals surface area contributed by atoms with Crippen LogP contribution in [0.2, 0.25) is 0 Å². The summed E-state index contributed by atoms with van der Waals surface area (Å²) in [5.41, 5.74) is 5.61. The van der Waals surface area contributed by atoms with Gasteiger partial charge in [0, 0.05) is 32.7 Å². The smallest absolute Gasteiger partial charge is 0.238 e. The molecule has 0 fully saturated rings. The van der Waals surface area contributed by atoms with E-state index >= 15 is 0 Å². The number of rotatable bonds is 3. The van der Waals surface area contributed by atoms with Crippen molar-refractivity contribution in [1.29, 1.82) is 0 Å². The standard InChI is InChI=1S/C37H22N4O/c1-2-12-23(13-3-1)35-38-36(40-37(39-35)41-29-19-9-6-16-26(29)27-17-7-10-20-30(27)41)34-25-15-5-4-14-24(25)22-32-33(34)28-18-8-11-21-31(28)42-32/h1-22H. The van der Waals surface area contributed by atoms with Crippen molar-refractivity contribution in [3.63, 3.8) is 0 Å². The van der Waals surface area contributed by atoms with Crippen molar-refractivity contribution in [3.05, 3.63) is 133 Å². The number of hydrogen-bond acceptors (Lipinski definition) is 4. The van der Waals surface area contributed by atoms with Crippen molar-refractivity contribution in [2.75, 3.05) is 0 Å². The van der Waals surface area contributed by atoms with E-state index in [0.29, 0.717) is 17.6 Å². The van der Waals surface area contributed by atoms with Crippen molar-refractivity contribution in [1.82, 2.24) is 19.5 Å². The lowest BCUT2D eigenvalue weighted by Crippen LogP contribution is -2.06. The predicted molar refractivity (Wildman–Crippen MR) is 170 cm³/mol. The highest BCUT2D eigenvalue weighted by atomic mass is 16.3. The SMILES string of the molecule is c1ccc(-c2nc(-c3c4ccccc4cc4oc5ccccc5c34)nc(-n3c4ccccc4c4ccccc43)n2)cc1. The summed E-state index contributed by atoms with van der Waals surface area (Å²) in [6, 6.07) is 45.6. The van der Waals surface area contributed by atoms with E-state index in [4.69, 9.17) is 19.4 Å². The fourth-order valence-corrected chi connectivity index (χ4v) is 6.21. The first-order chi connectivity index (χ1) is 20.8. The molecule has 0 bridgehead atoms. The zero-order valence-corrected chi connectivity index (χ0v) is 22.4. The summed E-state index contributed by atoms with van der Waals surface area (Å²) in [6.45, 7) is 0. The van der Waals surface area contributed by atoms with Gasteiger partial charge in [0.1, 0.15) is 11.2 Å². The molecule has 196 valence electrons. The van der Waals surface area contributed by atoms with E-state index in [0.717, 1.165) is 65.6 Å². The molecule has 3 aromatic heterocycles. The van der Waals surface area contributed by atoms with Gasteiger partial charge < -0.3 is 4.42 Å². The Balaban J connectivity index is 1.45. The van der Waals surface area contributed by atoms with Crippen LogP contribution in [0.15, 0.2) is 138 Å². The molecule has 42 heavy (non-hydrogen) atoms. The monoisotopic (exact) mass is 538 g/mol. The number of furan rings is 1. The van der Waals surface area contributed by atoms with E-state index in [-0.39, 0.29) is 0 Å². The van der Waals surface area contributed by atoms with Gasteiger partial charge in [-0.2, -0.15) is 9.97 Å². The third kappa shape index (κ3) is 3.34. The number of aromatic nitrogens is 4. The highest BCUT2D eigenvalue weighted by Crippen LogP contribution is 2.41. The molecular formula is C37H22N4O. The minimum atomic E-state index is 0.574. The summed E-state index contributed by atoms with van der Waals surface area (Å²) in [5.74, 6) is 1.80. The molecular weight excluding hydrogens is 516 g/mol. The maximum atomic E-state index is 6.38. The lowest BCUT2D eigenvalue weighted by molar-refractivity contribution is 0.669. The van der Waals surface area contributed by atoms with Crippen LogP contribution in [0.4, 0.5) is 0 Å². The van der Waals surface area contributed by atoms with Crippen molar-refractivity contribution in [2.24, 2.45) is 0 Å². The van der Waals surface area contributed by atoms with Crippen molar-refractivity contribution >= 4 is 54.5 Å². The molecule has 0 unspecified atom stereocenters. The Hall–Kier alpha value is -5.81. The highest BCUT2D eigenvalue weighted by Gasteiger charge is 2.22. The van der Waals surface area contributed by atoms with Gasteiger partial charge in [0.05, 0.1) is 11.0 Å². The van der Waals surface area contributed by atoms with Gasteiger partial charge in [-0.3, -0.25) is 4.57 Å². The van der Waals surface area contributed by atoms with E-state index in [1.165, 1.54) is 0 Å². The summed E-state index contributed by atoms with van der Waals surface area (Å²) in [4.78, 5) is 15.5. The summed E-state index contributed by atoms with van der Waals surface area (Å²) >= 11 is 0. The van der Waals surface area contributed by atoms with Crippen LogP contribution in [0, 0.1) is 0 Å².